The Kier molecular flexibility index (Phi) is 4.14. The van der Waals surface area contributed by atoms with Crippen LogP contribution in [0.4, 0.5) is 5.69 Å². The third-order valence-corrected chi connectivity index (χ3v) is 4.89. The zero-order chi connectivity index (χ0) is 18.3. The van der Waals surface area contributed by atoms with Gasteiger partial charge in [-0.3, -0.25) is 0 Å². The molecule has 8 heteroatoms. The monoisotopic (exact) mass is 414 g/mol. The van der Waals surface area contributed by atoms with Crippen LogP contribution in [0.5, 0.6) is 0 Å². The zero-order valence-electron chi connectivity index (χ0n) is 14.8. The van der Waals surface area contributed by atoms with Gasteiger partial charge in [-0.25, -0.2) is 9.31 Å². The molecule has 4 aromatic rings. The summed E-state index contributed by atoms with van der Waals surface area (Å²) in [6.07, 6.45) is 0. The predicted molar refractivity (Wildman–Crippen MR) is 104 cm³/mol. The highest BCUT2D eigenvalue weighted by atomic mass is 79.9. The number of benzene rings is 2. The van der Waals surface area contributed by atoms with Crippen molar-refractivity contribution in [2.75, 3.05) is 5.32 Å². The maximum Gasteiger partial charge on any atom is 0.140 e. The highest BCUT2D eigenvalue weighted by Crippen LogP contribution is 2.31. The van der Waals surface area contributed by atoms with Crippen LogP contribution in [0.15, 0.2) is 39.4 Å². The van der Waals surface area contributed by atoms with Gasteiger partial charge in [0.05, 0.1) is 15.7 Å². The summed E-state index contributed by atoms with van der Waals surface area (Å²) in [5.41, 5.74) is 5.49. The molecule has 0 spiro atoms. The molecule has 0 unspecified atom stereocenters. The van der Waals surface area contributed by atoms with Crippen molar-refractivity contribution in [3.8, 4) is 0 Å². The molecular weight excluding hydrogens is 396 g/mol. The van der Waals surface area contributed by atoms with E-state index in [0.717, 1.165) is 44.3 Å². The van der Waals surface area contributed by atoms with Gasteiger partial charge in [0, 0.05) is 18.7 Å². The Labute approximate surface area is 158 Å². The molecule has 0 atom stereocenters. The summed E-state index contributed by atoms with van der Waals surface area (Å²) in [6.45, 7) is 7.97. The summed E-state index contributed by atoms with van der Waals surface area (Å²) in [5, 5.41) is 19.9. The van der Waals surface area contributed by atoms with Crippen molar-refractivity contribution in [3.63, 3.8) is 0 Å². The van der Waals surface area contributed by atoms with Gasteiger partial charge in [0.25, 0.3) is 0 Å². The maximum absolute atomic E-state index is 4.82. The molecule has 0 radical (unpaired) electrons. The fourth-order valence-electron chi connectivity index (χ4n) is 2.90. The molecule has 2 heterocycles. The van der Waals surface area contributed by atoms with Crippen LogP contribution in [0, 0.1) is 5.41 Å². The van der Waals surface area contributed by atoms with Gasteiger partial charge < -0.3 is 5.32 Å². The first-order valence-electron chi connectivity index (χ1n) is 8.38. The van der Waals surface area contributed by atoms with Crippen LogP contribution in [0.1, 0.15) is 26.3 Å². The van der Waals surface area contributed by atoms with E-state index in [1.807, 2.05) is 35.0 Å². The van der Waals surface area contributed by atoms with Crippen LogP contribution in [-0.4, -0.2) is 25.3 Å². The first kappa shape index (κ1) is 17.0. The third kappa shape index (κ3) is 3.16. The van der Waals surface area contributed by atoms with E-state index in [1.165, 1.54) is 0 Å². The van der Waals surface area contributed by atoms with Crippen molar-refractivity contribution >= 4 is 43.7 Å². The minimum atomic E-state index is 0.133. The molecule has 2 aromatic carbocycles. The fraction of sp³-hybridized carbons (Fsp3) is 0.333. The van der Waals surface area contributed by atoms with Crippen LogP contribution in [0.25, 0.3) is 22.1 Å². The van der Waals surface area contributed by atoms with Crippen LogP contribution >= 0.6 is 15.9 Å². The van der Waals surface area contributed by atoms with E-state index in [0.29, 0.717) is 6.54 Å². The molecule has 7 nitrogen and oxygen atoms in total. The minimum absolute atomic E-state index is 0.133. The molecule has 0 aliphatic rings. The third-order valence-electron chi connectivity index (χ3n) is 4.09. The highest BCUT2D eigenvalue weighted by molar-refractivity contribution is 9.10. The minimum Gasteiger partial charge on any atom is -0.380 e. The molecule has 0 amide bonds. The van der Waals surface area contributed by atoms with Crippen molar-refractivity contribution in [3.05, 3.63) is 40.4 Å². The predicted octanol–water partition coefficient (Wildman–Crippen LogP) is 4.39. The van der Waals surface area contributed by atoms with Gasteiger partial charge in [0.2, 0.25) is 0 Å². The lowest BCUT2D eigenvalue weighted by molar-refractivity contribution is 0.315. The quantitative estimate of drug-likeness (QED) is 0.533. The Morgan fingerprint density at radius 3 is 2.77 bits per heavy atom. The number of anilines is 1. The van der Waals surface area contributed by atoms with Crippen LogP contribution in [0.2, 0.25) is 0 Å². The zero-order valence-corrected chi connectivity index (χ0v) is 16.4. The SMILES string of the molecule is CC(C)(C)Cn1nnc2c(Br)c(NCc3cccc4nonc34)ccc21. The molecule has 0 fully saturated rings. The molecule has 2 aromatic heterocycles. The smallest absolute Gasteiger partial charge is 0.140 e. The number of hydrogen-bond acceptors (Lipinski definition) is 6. The van der Waals surface area contributed by atoms with Crippen molar-refractivity contribution in [1.82, 2.24) is 25.3 Å². The van der Waals surface area contributed by atoms with Gasteiger partial charge in [0.1, 0.15) is 16.6 Å². The number of halogens is 1. The van der Waals surface area contributed by atoms with Crippen molar-refractivity contribution < 1.29 is 4.63 Å². The Hall–Kier alpha value is -2.48. The van der Waals surface area contributed by atoms with E-state index in [2.05, 4.69) is 62.6 Å². The van der Waals surface area contributed by atoms with Crippen molar-refractivity contribution in [1.29, 1.82) is 0 Å². The van der Waals surface area contributed by atoms with Crippen molar-refractivity contribution in [2.24, 2.45) is 5.41 Å². The largest absolute Gasteiger partial charge is 0.380 e. The second kappa shape index (κ2) is 6.35. The lowest BCUT2D eigenvalue weighted by Gasteiger charge is -2.18. The highest BCUT2D eigenvalue weighted by Gasteiger charge is 2.17. The normalized spacial score (nSPS) is 12.2. The summed E-state index contributed by atoms with van der Waals surface area (Å²) in [6, 6.07) is 9.92. The van der Waals surface area contributed by atoms with E-state index >= 15 is 0 Å². The molecule has 26 heavy (non-hydrogen) atoms. The lowest BCUT2D eigenvalue weighted by Crippen LogP contribution is -2.16. The molecule has 0 aliphatic heterocycles. The molecule has 0 aliphatic carbocycles. The van der Waals surface area contributed by atoms with Crippen LogP contribution < -0.4 is 5.32 Å². The Balaban J connectivity index is 1.61. The summed E-state index contributed by atoms with van der Waals surface area (Å²) in [5.74, 6) is 0. The second-order valence-corrected chi connectivity index (χ2v) is 8.30. The number of nitrogens with zero attached hydrogens (tertiary/aromatic N) is 5. The van der Waals surface area contributed by atoms with Crippen LogP contribution in [0.3, 0.4) is 0 Å². The van der Waals surface area contributed by atoms with E-state index in [-0.39, 0.29) is 5.41 Å². The van der Waals surface area contributed by atoms with Gasteiger partial charge in [-0.1, -0.05) is 38.1 Å². The number of fused-ring (bicyclic) bond motifs is 2. The Morgan fingerprint density at radius 1 is 1.12 bits per heavy atom. The lowest BCUT2D eigenvalue weighted by atomic mass is 9.97. The van der Waals surface area contributed by atoms with Gasteiger partial charge in [0.15, 0.2) is 0 Å². The number of rotatable bonds is 4. The van der Waals surface area contributed by atoms with Gasteiger partial charge >= 0.3 is 0 Å². The number of nitrogens with one attached hydrogen (secondary N) is 1. The Bertz CT molecular complexity index is 1080. The topological polar surface area (TPSA) is 81.7 Å². The van der Waals surface area contributed by atoms with Crippen molar-refractivity contribution in [2.45, 2.75) is 33.9 Å². The average Bonchev–Trinajstić information content (AvgIpc) is 3.20. The first-order chi connectivity index (χ1) is 12.4. The molecule has 134 valence electrons. The number of hydrogen-bond donors (Lipinski definition) is 1. The van der Waals surface area contributed by atoms with Crippen LogP contribution in [-0.2, 0) is 13.1 Å². The standard InChI is InChI=1S/C18H19BrN6O/c1-18(2,3)10-25-14-8-7-12(15(19)17(14)21-24-25)20-9-11-5-4-6-13-16(11)23-26-22-13/h4-8,20H,9-10H2,1-3H3. The summed E-state index contributed by atoms with van der Waals surface area (Å²) >= 11 is 3.67. The van der Waals surface area contributed by atoms with Gasteiger partial charge in [-0.05, 0) is 49.9 Å². The molecule has 0 saturated carbocycles. The summed E-state index contributed by atoms with van der Waals surface area (Å²) < 4.78 is 7.68. The molecule has 1 N–H and O–H groups in total. The van der Waals surface area contributed by atoms with E-state index in [9.17, 15) is 0 Å². The summed E-state index contributed by atoms with van der Waals surface area (Å²) in [7, 11) is 0. The molecule has 0 saturated heterocycles. The fourth-order valence-corrected chi connectivity index (χ4v) is 3.46. The molecule has 4 rings (SSSR count). The van der Waals surface area contributed by atoms with E-state index in [1.54, 1.807) is 0 Å². The molecule has 0 bridgehead atoms. The average molecular weight is 415 g/mol. The van der Waals surface area contributed by atoms with Gasteiger partial charge in [-0.2, -0.15) is 0 Å². The maximum atomic E-state index is 4.82. The van der Waals surface area contributed by atoms with E-state index < -0.39 is 0 Å². The van der Waals surface area contributed by atoms with E-state index in [4.69, 9.17) is 4.63 Å². The Morgan fingerprint density at radius 2 is 1.96 bits per heavy atom. The molecular formula is C18H19BrN6O. The summed E-state index contributed by atoms with van der Waals surface area (Å²) in [4.78, 5) is 0. The number of aromatic nitrogens is 5. The second-order valence-electron chi connectivity index (χ2n) is 7.51. The first-order valence-corrected chi connectivity index (χ1v) is 9.17. The van der Waals surface area contributed by atoms with Gasteiger partial charge in [-0.15, -0.1) is 5.10 Å².